The first-order chi connectivity index (χ1) is 11.3. The predicted octanol–water partition coefficient (Wildman–Crippen LogP) is 3.11. The molecule has 1 aromatic carbocycles. The fraction of sp³-hybridized carbons (Fsp3) is 0.176. The van der Waals surface area contributed by atoms with Crippen molar-refractivity contribution in [2.75, 3.05) is 25.6 Å². The number of H-pyrrole nitrogens is 1. The SMILES string of the molecule is COCCOC(=O)c1[nH]c2ccccc2c1Nc1ccncc1. The molecule has 2 heterocycles. The Morgan fingerprint density at radius 3 is 2.74 bits per heavy atom. The molecule has 0 saturated carbocycles. The lowest BCUT2D eigenvalue weighted by atomic mass is 10.2. The maximum atomic E-state index is 12.3. The average Bonchev–Trinajstić information content (AvgIpc) is 2.95. The van der Waals surface area contributed by atoms with E-state index in [4.69, 9.17) is 9.47 Å². The first kappa shape index (κ1) is 15.1. The Morgan fingerprint density at radius 1 is 1.17 bits per heavy atom. The van der Waals surface area contributed by atoms with Crippen LogP contribution in [0.4, 0.5) is 11.4 Å². The number of pyridine rings is 1. The highest BCUT2D eigenvalue weighted by Crippen LogP contribution is 2.30. The van der Waals surface area contributed by atoms with E-state index in [1.165, 1.54) is 0 Å². The molecule has 6 nitrogen and oxygen atoms in total. The number of carbonyl (C=O) groups is 1. The van der Waals surface area contributed by atoms with Gasteiger partial charge in [0, 0.05) is 36.1 Å². The zero-order valence-corrected chi connectivity index (χ0v) is 12.7. The highest BCUT2D eigenvalue weighted by atomic mass is 16.6. The van der Waals surface area contributed by atoms with E-state index >= 15 is 0 Å². The number of nitrogens with one attached hydrogen (secondary N) is 2. The fourth-order valence-electron chi connectivity index (χ4n) is 2.29. The van der Waals surface area contributed by atoms with Gasteiger partial charge < -0.3 is 19.8 Å². The van der Waals surface area contributed by atoms with Crippen molar-refractivity contribution in [2.24, 2.45) is 0 Å². The number of aromatic nitrogens is 2. The number of para-hydroxylation sites is 1. The zero-order chi connectivity index (χ0) is 16.1. The summed E-state index contributed by atoms with van der Waals surface area (Å²) in [5, 5.41) is 4.18. The number of anilines is 2. The van der Waals surface area contributed by atoms with Gasteiger partial charge in [-0.1, -0.05) is 18.2 Å². The van der Waals surface area contributed by atoms with Crippen LogP contribution in [-0.2, 0) is 9.47 Å². The normalized spacial score (nSPS) is 10.7. The second-order valence-corrected chi connectivity index (χ2v) is 4.91. The quantitative estimate of drug-likeness (QED) is 0.540. The summed E-state index contributed by atoms with van der Waals surface area (Å²) < 4.78 is 10.1. The van der Waals surface area contributed by atoms with Gasteiger partial charge in [-0.3, -0.25) is 4.98 Å². The number of benzene rings is 1. The van der Waals surface area contributed by atoms with E-state index in [1.807, 2.05) is 36.4 Å². The van der Waals surface area contributed by atoms with Crippen molar-refractivity contribution in [1.82, 2.24) is 9.97 Å². The van der Waals surface area contributed by atoms with Crippen molar-refractivity contribution in [2.45, 2.75) is 0 Å². The van der Waals surface area contributed by atoms with Crippen molar-refractivity contribution < 1.29 is 14.3 Å². The number of methoxy groups -OCH3 is 1. The minimum absolute atomic E-state index is 0.208. The molecule has 3 aromatic rings. The van der Waals surface area contributed by atoms with E-state index in [0.29, 0.717) is 18.0 Å². The van der Waals surface area contributed by atoms with E-state index < -0.39 is 5.97 Å². The number of rotatable bonds is 6. The maximum Gasteiger partial charge on any atom is 0.357 e. The minimum Gasteiger partial charge on any atom is -0.459 e. The summed E-state index contributed by atoms with van der Waals surface area (Å²) in [7, 11) is 1.56. The van der Waals surface area contributed by atoms with Crippen molar-refractivity contribution in [3.8, 4) is 0 Å². The summed E-state index contributed by atoms with van der Waals surface area (Å²) in [6, 6.07) is 11.4. The molecule has 0 atom stereocenters. The molecule has 0 bridgehead atoms. The molecule has 3 rings (SSSR count). The molecule has 0 fully saturated rings. The summed E-state index contributed by atoms with van der Waals surface area (Å²) in [5.41, 5.74) is 2.78. The number of hydrogen-bond acceptors (Lipinski definition) is 5. The number of ether oxygens (including phenoxy) is 2. The molecule has 2 N–H and O–H groups in total. The van der Waals surface area contributed by atoms with Gasteiger partial charge in [0.05, 0.1) is 12.3 Å². The topological polar surface area (TPSA) is 76.2 Å². The highest BCUT2D eigenvalue weighted by molar-refractivity contribution is 6.07. The smallest absolute Gasteiger partial charge is 0.357 e. The first-order valence-electron chi connectivity index (χ1n) is 7.23. The largest absolute Gasteiger partial charge is 0.459 e. The van der Waals surface area contributed by atoms with E-state index in [2.05, 4.69) is 15.3 Å². The summed E-state index contributed by atoms with van der Waals surface area (Å²) in [6.07, 6.45) is 3.38. The third-order valence-electron chi connectivity index (χ3n) is 3.38. The third-order valence-corrected chi connectivity index (χ3v) is 3.38. The monoisotopic (exact) mass is 311 g/mol. The van der Waals surface area contributed by atoms with Crippen molar-refractivity contribution >= 4 is 28.2 Å². The highest BCUT2D eigenvalue weighted by Gasteiger charge is 2.19. The van der Waals surface area contributed by atoms with Crippen LogP contribution in [0.15, 0.2) is 48.8 Å². The summed E-state index contributed by atoms with van der Waals surface area (Å²) >= 11 is 0. The summed E-state index contributed by atoms with van der Waals surface area (Å²) in [4.78, 5) is 19.4. The number of carbonyl (C=O) groups excluding carboxylic acids is 1. The van der Waals surface area contributed by atoms with Crippen LogP contribution < -0.4 is 5.32 Å². The molecule has 0 radical (unpaired) electrons. The second kappa shape index (κ2) is 6.93. The molecular weight excluding hydrogens is 294 g/mol. The Kier molecular flexibility index (Phi) is 4.54. The van der Waals surface area contributed by atoms with Crippen LogP contribution in [0, 0.1) is 0 Å². The molecule has 0 aliphatic heterocycles. The summed E-state index contributed by atoms with van der Waals surface area (Å²) in [5.74, 6) is -0.421. The molecular formula is C17H17N3O3. The van der Waals surface area contributed by atoms with Gasteiger partial charge in [-0.2, -0.15) is 0 Å². The molecule has 0 unspecified atom stereocenters. The van der Waals surface area contributed by atoms with Gasteiger partial charge in [-0.05, 0) is 18.2 Å². The van der Waals surface area contributed by atoms with Crippen LogP contribution in [0.1, 0.15) is 10.5 Å². The lowest BCUT2D eigenvalue weighted by Crippen LogP contribution is -2.11. The number of fused-ring (bicyclic) bond motifs is 1. The summed E-state index contributed by atoms with van der Waals surface area (Å²) in [6.45, 7) is 0.568. The zero-order valence-electron chi connectivity index (χ0n) is 12.7. The maximum absolute atomic E-state index is 12.3. The van der Waals surface area contributed by atoms with Gasteiger partial charge in [0.25, 0.3) is 0 Å². The van der Waals surface area contributed by atoms with Gasteiger partial charge in [-0.25, -0.2) is 4.79 Å². The standard InChI is InChI=1S/C17H17N3O3/c1-22-10-11-23-17(21)16-15(19-12-6-8-18-9-7-12)13-4-2-3-5-14(13)20-16/h2-9,20H,10-11H2,1H3,(H,18,19). The molecule has 2 aromatic heterocycles. The Morgan fingerprint density at radius 2 is 1.96 bits per heavy atom. The van der Waals surface area contributed by atoms with Gasteiger partial charge in [0.2, 0.25) is 0 Å². The van der Waals surface area contributed by atoms with Crippen molar-refractivity contribution in [3.05, 3.63) is 54.5 Å². The van der Waals surface area contributed by atoms with E-state index in [1.54, 1.807) is 19.5 Å². The molecule has 23 heavy (non-hydrogen) atoms. The molecule has 118 valence electrons. The Labute approximate surface area is 133 Å². The lowest BCUT2D eigenvalue weighted by molar-refractivity contribution is 0.0384. The van der Waals surface area contributed by atoms with Gasteiger partial charge in [-0.15, -0.1) is 0 Å². The molecule has 6 heteroatoms. The van der Waals surface area contributed by atoms with Crippen molar-refractivity contribution in [3.63, 3.8) is 0 Å². The Bertz CT molecular complexity index is 799. The van der Waals surface area contributed by atoms with Crippen LogP contribution in [0.3, 0.4) is 0 Å². The molecule has 0 saturated heterocycles. The van der Waals surface area contributed by atoms with Gasteiger partial charge in [0.15, 0.2) is 0 Å². The van der Waals surface area contributed by atoms with Crippen LogP contribution in [0.2, 0.25) is 0 Å². The van der Waals surface area contributed by atoms with E-state index in [0.717, 1.165) is 16.6 Å². The van der Waals surface area contributed by atoms with Crippen LogP contribution in [-0.4, -0.2) is 36.3 Å². The number of nitrogens with zero attached hydrogens (tertiary/aromatic N) is 1. The van der Waals surface area contributed by atoms with Crippen LogP contribution in [0.5, 0.6) is 0 Å². The Balaban J connectivity index is 1.96. The van der Waals surface area contributed by atoms with Crippen LogP contribution in [0.25, 0.3) is 10.9 Å². The van der Waals surface area contributed by atoms with E-state index in [9.17, 15) is 4.79 Å². The molecule has 0 spiro atoms. The fourth-order valence-corrected chi connectivity index (χ4v) is 2.29. The van der Waals surface area contributed by atoms with Crippen LogP contribution >= 0.6 is 0 Å². The first-order valence-corrected chi connectivity index (χ1v) is 7.23. The van der Waals surface area contributed by atoms with Gasteiger partial charge >= 0.3 is 5.97 Å². The third kappa shape index (κ3) is 3.32. The van der Waals surface area contributed by atoms with E-state index in [-0.39, 0.29) is 6.61 Å². The lowest BCUT2D eigenvalue weighted by Gasteiger charge is -2.08. The van der Waals surface area contributed by atoms with Crippen molar-refractivity contribution in [1.29, 1.82) is 0 Å². The molecule has 0 amide bonds. The average molecular weight is 311 g/mol. The molecule has 0 aliphatic carbocycles. The molecule has 0 aliphatic rings. The predicted molar refractivity (Wildman–Crippen MR) is 88.0 cm³/mol. The number of esters is 1. The Hall–Kier alpha value is -2.86. The number of aromatic amines is 1. The number of hydrogen-bond donors (Lipinski definition) is 2. The minimum atomic E-state index is -0.421. The second-order valence-electron chi connectivity index (χ2n) is 4.91. The van der Waals surface area contributed by atoms with Gasteiger partial charge in [0.1, 0.15) is 12.3 Å².